The predicted molar refractivity (Wildman–Crippen MR) is 131 cm³/mol. The molecule has 0 bridgehead atoms. The number of nitriles is 1. The summed E-state index contributed by atoms with van der Waals surface area (Å²) >= 11 is 0. The van der Waals surface area contributed by atoms with E-state index >= 15 is 8.78 Å². The molecule has 6 rings (SSSR count). The number of aliphatic hydroxyl groups excluding tert-OH is 1. The van der Waals surface area contributed by atoms with Crippen LogP contribution >= 0.6 is 0 Å². The molecule has 0 radical (unpaired) electrons. The molecule has 8 nitrogen and oxygen atoms in total. The highest BCUT2D eigenvalue weighted by atomic mass is 19.1. The molecule has 2 aromatic heterocycles. The third-order valence-electron chi connectivity index (χ3n) is 6.60. The average molecular weight is 512 g/mol. The first-order valence-electron chi connectivity index (χ1n) is 12.3. The van der Waals surface area contributed by atoms with Gasteiger partial charge in [0, 0.05) is 0 Å². The summed E-state index contributed by atoms with van der Waals surface area (Å²) in [6, 6.07) is 7.75. The standard InChI is InChI=1S/C25H21F2N3O5.C2H6/c26-15-7-13(12-3-5-32-6-4-12)8-16(27)21(15)17-1-2-18-22(29-17)14(9-28)25(30-18)35-20-11-34-23-19(31)10-33-24(20)23;1-2/h1-3,7-8,19-20,23-24,30-31H,4-6,10-11H2;1-2H3/t19-,20-,23?,24-;/m1./s1. The van der Waals surface area contributed by atoms with E-state index in [1.54, 1.807) is 6.07 Å². The maximum absolute atomic E-state index is 15.1. The van der Waals surface area contributed by atoms with Crippen molar-refractivity contribution in [2.75, 3.05) is 26.4 Å². The Morgan fingerprint density at radius 3 is 2.59 bits per heavy atom. The Labute approximate surface area is 212 Å². The van der Waals surface area contributed by atoms with Gasteiger partial charge in [0.15, 0.2) is 6.10 Å². The molecule has 4 atom stereocenters. The van der Waals surface area contributed by atoms with Crippen LogP contribution in [0.4, 0.5) is 8.78 Å². The number of aromatic amines is 1. The lowest BCUT2D eigenvalue weighted by molar-refractivity contribution is 0.00789. The number of nitrogens with one attached hydrogen (secondary N) is 1. The van der Waals surface area contributed by atoms with Crippen molar-refractivity contribution in [1.82, 2.24) is 9.97 Å². The largest absolute Gasteiger partial charge is 0.469 e. The van der Waals surface area contributed by atoms with Gasteiger partial charge in [0.25, 0.3) is 0 Å². The molecule has 194 valence electrons. The molecule has 37 heavy (non-hydrogen) atoms. The van der Waals surface area contributed by atoms with Crippen molar-refractivity contribution in [2.45, 2.75) is 44.7 Å². The summed E-state index contributed by atoms with van der Waals surface area (Å²) in [7, 11) is 0. The number of rotatable bonds is 4. The number of aliphatic hydroxyl groups is 1. The summed E-state index contributed by atoms with van der Waals surface area (Å²) in [6.45, 7) is 5.26. The minimum absolute atomic E-state index is 0.0635. The zero-order valence-corrected chi connectivity index (χ0v) is 20.5. The fourth-order valence-electron chi connectivity index (χ4n) is 4.86. The molecule has 1 unspecified atom stereocenters. The van der Waals surface area contributed by atoms with Crippen molar-refractivity contribution in [3.05, 3.63) is 53.1 Å². The Balaban J connectivity index is 0.00000137. The molecular formula is C27H27F2N3O5. The molecule has 1 aromatic carbocycles. The highest BCUT2D eigenvalue weighted by molar-refractivity contribution is 5.87. The van der Waals surface area contributed by atoms with Gasteiger partial charge < -0.3 is 29.0 Å². The summed E-state index contributed by atoms with van der Waals surface area (Å²) in [6.07, 6.45) is 0.201. The molecule has 5 heterocycles. The molecule has 0 saturated carbocycles. The van der Waals surface area contributed by atoms with Crippen molar-refractivity contribution in [2.24, 2.45) is 0 Å². The molecule has 3 aliphatic rings. The maximum atomic E-state index is 15.1. The van der Waals surface area contributed by atoms with E-state index in [2.05, 4.69) is 16.0 Å². The molecular weight excluding hydrogens is 484 g/mol. The van der Waals surface area contributed by atoms with E-state index < -0.39 is 36.1 Å². The number of hydrogen-bond donors (Lipinski definition) is 2. The lowest BCUT2D eigenvalue weighted by Crippen LogP contribution is -2.34. The van der Waals surface area contributed by atoms with Crippen LogP contribution in [0.1, 0.15) is 31.4 Å². The first-order valence-corrected chi connectivity index (χ1v) is 12.3. The first kappa shape index (κ1) is 25.3. The fourth-order valence-corrected chi connectivity index (χ4v) is 4.86. The Bertz CT molecular complexity index is 1360. The number of pyridine rings is 1. The second-order valence-corrected chi connectivity index (χ2v) is 8.72. The van der Waals surface area contributed by atoms with E-state index in [0.29, 0.717) is 30.7 Å². The van der Waals surface area contributed by atoms with Crippen LogP contribution in [0.15, 0.2) is 30.3 Å². The SMILES string of the molecule is CC.N#Cc1c(O[C@@H]2COC3[C@H](O)CO[C@@H]32)[nH]c2ccc(-c3c(F)cc(C4=CCOCC4)cc3F)nc12. The minimum Gasteiger partial charge on any atom is -0.469 e. The number of fused-ring (bicyclic) bond motifs is 2. The minimum atomic E-state index is -0.740. The van der Waals surface area contributed by atoms with E-state index in [9.17, 15) is 10.4 Å². The van der Waals surface area contributed by atoms with E-state index in [0.717, 1.165) is 5.57 Å². The van der Waals surface area contributed by atoms with Crippen LogP contribution < -0.4 is 4.74 Å². The molecule has 2 saturated heterocycles. The Kier molecular flexibility index (Phi) is 7.22. The number of aromatic nitrogens is 2. The van der Waals surface area contributed by atoms with Crippen LogP contribution in [0.3, 0.4) is 0 Å². The van der Waals surface area contributed by atoms with Crippen LogP contribution in [0.25, 0.3) is 27.9 Å². The molecule has 0 spiro atoms. The quantitative estimate of drug-likeness (QED) is 0.542. The topological polar surface area (TPSA) is 110 Å². The van der Waals surface area contributed by atoms with Gasteiger partial charge in [0.1, 0.15) is 47.1 Å². The number of hydrogen-bond acceptors (Lipinski definition) is 7. The Hall–Kier alpha value is -3.36. The molecule has 2 fully saturated rings. The van der Waals surface area contributed by atoms with Gasteiger partial charge >= 0.3 is 0 Å². The molecule has 10 heteroatoms. The molecule has 3 aliphatic heterocycles. The van der Waals surface area contributed by atoms with Gasteiger partial charge in [-0.1, -0.05) is 19.9 Å². The maximum Gasteiger partial charge on any atom is 0.212 e. The summed E-state index contributed by atoms with van der Waals surface area (Å²) in [4.78, 5) is 7.41. The van der Waals surface area contributed by atoms with Crippen molar-refractivity contribution in [1.29, 1.82) is 5.26 Å². The van der Waals surface area contributed by atoms with Gasteiger partial charge in [-0.2, -0.15) is 5.26 Å². The van der Waals surface area contributed by atoms with Gasteiger partial charge in [-0.25, -0.2) is 13.8 Å². The van der Waals surface area contributed by atoms with E-state index in [1.165, 1.54) is 18.2 Å². The predicted octanol–water partition coefficient (Wildman–Crippen LogP) is 4.12. The van der Waals surface area contributed by atoms with Crippen molar-refractivity contribution >= 4 is 16.6 Å². The third kappa shape index (κ3) is 4.60. The van der Waals surface area contributed by atoms with E-state index in [4.69, 9.17) is 18.9 Å². The van der Waals surface area contributed by atoms with Crippen LogP contribution in [-0.4, -0.2) is 65.9 Å². The van der Waals surface area contributed by atoms with Gasteiger partial charge in [0.2, 0.25) is 5.88 Å². The van der Waals surface area contributed by atoms with Crippen LogP contribution in [-0.2, 0) is 14.2 Å². The Morgan fingerprint density at radius 2 is 1.89 bits per heavy atom. The monoisotopic (exact) mass is 511 g/mol. The highest BCUT2D eigenvalue weighted by Crippen LogP contribution is 2.35. The lowest BCUT2D eigenvalue weighted by Gasteiger charge is -2.16. The van der Waals surface area contributed by atoms with Crippen LogP contribution in [0, 0.1) is 23.0 Å². The average Bonchev–Trinajstić information content (AvgIpc) is 3.60. The zero-order chi connectivity index (χ0) is 26.1. The first-order chi connectivity index (χ1) is 18.0. The van der Waals surface area contributed by atoms with Gasteiger partial charge in [-0.15, -0.1) is 0 Å². The number of ether oxygens (including phenoxy) is 4. The third-order valence-corrected chi connectivity index (χ3v) is 6.60. The van der Waals surface area contributed by atoms with Crippen molar-refractivity contribution in [3.8, 4) is 23.2 Å². The van der Waals surface area contributed by atoms with Crippen LogP contribution in [0.2, 0.25) is 0 Å². The number of halogens is 2. The smallest absolute Gasteiger partial charge is 0.212 e. The fraction of sp³-hybridized carbons (Fsp3) is 0.407. The van der Waals surface area contributed by atoms with Crippen molar-refractivity contribution < 1.29 is 32.8 Å². The normalized spacial score (nSPS) is 24.7. The van der Waals surface area contributed by atoms with E-state index in [-0.39, 0.29) is 41.4 Å². The molecule has 3 aromatic rings. The second-order valence-electron chi connectivity index (χ2n) is 8.72. The second kappa shape index (κ2) is 10.6. The number of benzene rings is 1. The lowest BCUT2D eigenvalue weighted by atomic mass is 9.98. The number of nitrogens with zero attached hydrogens (tertiary/aromatic N) is 2. The van der Waals surface area contributed by atoms with Gasteiger partial charge in [-0.3, -0.25) is 0 Å². The van der Waals surface area contributed by atoms with Gasteiger partial charge in [-0.05, 0) is 41.8 Å². The summed E-state index contributed by atoms with van der Waals surface area (Å²) in [5, 5.41) is 19.7. The summed E-state index contributed by atoms with van der Waals surface area (Å²) < 4.78 is 52.6. The van der Waals surface area contributed by atoms with E-state index in [1.807, 2.05) is 19.9 Å². The summed E-state index contributed by atoms with van der Waals surface area (Å²) in [5.74, 6) is -1.32. The molecule has 0 aliphatic carbocycles. The molecule has 2 N–H and O–H groups in total. The Morgan fingerprint density at radius 1 is 1.14 bits per heavy atom. The van der Waals surface area contributed by atoms with Crippen LogP contribution in [0.5, 0.6) is 5.88 Å². The summed E-state index contributed by atoms with van der Waals surface area (Å²) in [5.41, 5.74) is 1.92. The molecule has 0 amide bonds. The van der Waals surface area contributed by atoms with Crippen molar-refractivity contribution in [3.63, 3.8) is 0 Å². The van der Waals surface area contributed by atoms with Gasteiger partial charge in [0.05, 0.1) is 43.2 Å². The number of H-pyrrole nitrogens is 1. The highest BCUT2D eigenvalue weighted by Gasteiger charge is 2.48. The zero-order valence-electron chi connectivity index (χ0n) is 20.5.